The summed E-state index contributed by atoms with van der Waals surface area (Å²) in [6.07, 6.45) is 1.85. The number of phenolic OH excluding ortho intramolecular Hbond substituents is 2. The molecule has 0 aliphatic carbocycles. The SMILES string of the molecule is CC/C(=C(/CC)c1ccc(O)cc1)c1ccc(O)cc1.c1ccccc1. The Morgan fingerprint density at radius 1 is 0.538 bits per heavy atom. The molecule has 0 bridgehead atoms. The zero-order chi connectivity index (χ0) is 18.8. The lowest BCUT2D eigenvalue weighted by molar-refractivity contribution is 0.474. The minimum absolute atomic E-state index is 0.284. The van der Waals surface area contributed by atoms with Crippen LogP contribution in [0.15, 0.2) is 84.9 Å². The van der Waals surface area contributed by atoms with E-state index in [1.165, 1.54) is 11.1 Å². The van der Waals surface area contributed by atoms with Crippen molar-refractivity contribution in [3.05, 3.63) is 96.1 Å². The van der Waals surface area contributed by atoms with Crippen molar-refractivity contribution < 1.29 is 10.2 Å². The maximum Gasteiger partial charge on any atom is 0.115 e. The number of allylic oxidation sites excluding steroid dienone is 2. The van der Waals surface area contributed by atoms with Gasteiger partial charge in [0.1, 0.15) is 11.5 Å². The summed E-state index contributed by atoms with van der Waals surface area (Å²) < 4.78 is 0. The van der Waals surface area contributed by atoms with Crippen molar-refractivity contribution in [3.8, 4) is 11.5 Å². The van der Waals surface area contributed by atoms with Gasteiger partial charge in [0.25, 0.3) is 0 Å². The number of hydrogen-bond donors (Lipinski definition) is 2. The molecule has 0 aliphatic heterocycles. The molecule has 3 aromatic carbocycles. The zero-order valence-electron chi connectivity index (χ0n) is 15.4. The van der Waals surface area contributed by atoms with Gasteiger partial charge in [0.05, 0.1) is 0 Å². The Hall–Kier alpha value is -3.00. The second-order valence-corrected chi connectivity index (χ2v) is 5.91. The first-order valence-corrected chi connectivity index (χ1v) is 8.96. The van der Waals surface area contributed by atoms with E-state index in [1.54, 1.807) is 24.3 Å². The van der Waals surface area contributed by atoms with Crippen molar-refractivity contribution in [2.75, 3.05) is 0 Å². The van der Waals surface area contributed by atoms with Crippen LogP contribution in [-0.4, -0.2) is 10.2 Å². The number of phenols is 2. The van der Waals surface area contributed by atoms with Gasteiger partial charge in [0, 0.05) is 0 Å². The Morgan fingerprint density at radius 2 is 0.808 bits per heavy atom. The van der Waals surface area contributed by atoms with E-state index in [-0.39, 0.29) is 11.5 Å². The van der Waals surface area contributed by atoms with Gasteiger partial charge in [-0.05, 0) is 59.4 Å². The fourth-order valence-electron chi connectivity index (χ4n) is 2.89. The topological polar surface area (TPSA) is 40.5 Å². The van der Waals surface area contributed by atoms with Crippen molar-refractivity contribution in [3.63, 3.8) is 0 Å². The molecule has 2 nitrogen and oxygen atoms in total. The first kappa shape index (κ1) is 19.3. The average Bonchev–Trinajstić information content (AvgIpc) is 2.70. The molecule has 3 rings (SSSR count). The third kappa shape index (κ3) is 5.52. The summed E-state index contributed by atoms with van der Waals surface area (Å²) in [6, 6.07) is 26.7. The van der Waals surface area contributed by atoms with Crippen LogP contribution in [0.3, 0.4) is 0 Å². The Bertz CT molecular complexity index is 719. The second-order valence-electron chi connectivity index (χ2n) is 5.91. The third-order valence-electron chi connectivity index (χ3n) is 4.17. The quantitative estimate of drug-likeness (QED) is 0.528. The van der Waals surface area contributed by atoms with Gasteiger partial charge in [0.15, 0.2) is 0 Å². The molecule has 0 aromatic heterocycles. The molecule has 0 amide bonds. The molecule has 0 radical (unpaired) electrons. The van der Waals surface area contributed by atoms with Crippen LogP contribution in [0.2, 0.25) is 0 Å². The molecule has 134 valence electrons. The summed E-state index contributed by atoms with van der Waals surface area (Å²) in [5.41, 5.74) is 4.82. The van der Waals surface area contributed by atoms with Crippen LogP contribution in [0.4, 0.5) is 0 Å². The lowest BCUT2D eigenvalue weighted by Gasteiger charge is -2.14. The van der Waals surface area contributed by atoms with Gasteiger partial charge >= 0.3 is 0 Å². The first-order chi connectivity index (χ1) is 12.7. The van der Waals surface area contributed by atoms with E-state index >= 15 is 0 Å². The Kier molecular flexibility index (Phi) is 7.50. The van der Waals surface area contributed by atoms with Crippen LogP contribution in [0.25, 0.3) is 11.1 Å². The van der Waals surface area contributed by atoms with Crippen LogP contribution in [0.1, 0.15) is 37.8 Å². The van der Waals surface area contributed by atoms with Crippen LogP contribution in [0.5, 0.6) is 11.5 Å². The van der Waals surface area contributed by atoms with Crippen molar-refractivity contribution in [2.45, 2.75) is 26.7 Å². The summed E-state index contributed by atoms with van der Waals surface area (Å²) in [7, 11) is 0. The van der Waals surface area contributed by atoms with E-state index in [1.807, 2.05) is 60.7 Å². The fraction of sp³-hybridized carbons (Fsp3) is 0.167. The van der Waals surface area contributed by atoms with Crippen LogP contribution in [0, 0.1) is 0 Å². The number of hydrogen-bond acceptors (Lipinski definition) is 2. The molecule has 2 heteroatoms. The first-order valence-electron chi connectivity index (χ1n) is 8.96. The third-order valence-corrected chi connectivity index (χ3v) is 4.17. The minimum Gasteiger partial charge on any atom is -0.508 e. The summed E-state index contributed by atoms with van der Waals surface area (Å²) in [5, 5.41) is 18.8. The summed E-state index contributed by atoms with van der Waals surface area (Å²) in [6.45, 7) is 4.27. The van der Waals surface area contributed by atoms with Crippen molar-refractivity contribution in [2.24, 2.45) is 0 Å². The molecule has 0 unspecified atom stereocenters. The average molecular weight is 346 g/mol. The van der Waals surface area contributed by atoms with Gasteiger partial charge < -0.3 is 10.2 Å². The van der Waals surface area contributed by atoms with E-state index in [4.69, 9.17) is 0 Å². The molecule has 26 heavy (non-hydrogen) atoms. The lowest BCUT2D eigenvalue weighted by Crippen LogP contribution is -1.91. The number of aromatic hydroxyl groups is 2. The lowest BCUT2D eigenvalue weighted by atomic mass is 9.91. The predicted octanol–water partition coefficient (Wildman–Crippen LogP) is 6.52. The summed E-state index contributed by atoms with van der Waals surface area (Å²) in [5.74, 6) is 0.568. The standard InChI is InChI=1S/C18H20O2.C6H6/c1-3-17(13-5-9-15(19)10-6-13)18(4-2)14-7-11-16(20)12-8-14;1-2-4-6-5-3-1/h5-12,19-20H,3-4H2,1-2H3;1-6H/b18-17+;. The monoisotopic (exact) mass is 346 g/mol. The van der Waals surface area contributed by atoms with Gasteiger partial charge in [-0.2, -0.15) is 0 Å². The van der Waals surface area contributed by atoms with Crippen molar-refractivity contribution in [1.82, 2.24) is 0 Å². The Morgan fingerprint density at radius 3 is 1.04 bits per heavy atom. The molecule has 0 aliphatic rings. The molecule has 0 heterocycles. The molecule has 0 atom stereocenters. The van der Waals surface area contributed by atoms with Gasteiger partial charge in [-0.25, -0.2) is 0 Å². The summed E-state index contributed by atoms with van der Waals surface area (Å²) >= 11 is 0. The van der Waals surface area contributed by atoms with Gasteiger partial charge in [0.2, 0.25) is 0 Å². The zero-order valence-corrected chi connectivity index (χ0v) is 15.4. The maximum atomic E-state index is 9.41. The molecule has 2 N–H and O–H groups in total. The highest BCUT2D eigenvalue weighted by Crippen LogP contribution is 2.32. The smallest absolute Gasteiger partial charge is 0.115 e. The van der Waals surface area contributed by atoms with Crippen LogP contribution in [-0.2, 0) is 0 Å². The van der Waals surface area contributed by atoms with E-state index in [0.29, 0.717) is 0 Å². The fourth-order valence-corrected chi connectivity index (χ4v) is 2.89. The van der Waals surface area contributed by atoms with Gasteiger partial charge in [-0.15, -0.1) is 0 Å². The highest BCUT2D eigenvalue weighted by atomic mass is 16.3. The highest BCUT2D eigenvalue weighted by Gasteiger charge is 2.09. The van der Waals surface area contributed by atoms with Gasteiger partial charge in [-0.3, -0.25) is 0 Å². The van der Waals surface area contributed by atoms with Crippen molar-refractivity contribution >= 4 is 11.1 Å². The molecular formula is C24H26O2. The Labute approximate surface area is 156 Å². The highest BCUT2D eigenvalue weighted by molar-refractivity contribution is 5.90. The maximum absolute atomic E-state index is 9.41. The van der Waals surface area contributed by atoms with E-state index < -0.39 is 0 Å². The van der Waals surface area contributed by atoms with E-state index in [0.717, 1.165) is 24.0 Å². The normalized spacial score (nSPS) is 11.2. The predicted molar refractivity (Wildman–Crippen MR) is 110 cm³/mol. The molecule has 0 fully saturated rings. The van der Waals surface area contributed by atoms with E-state index in [9.17, 15) is 10.2 Å². The molecule has 3 aromatic rings. The molecular weight excluding hydrogens is 320 g/mol. The van der Waals surface area contributed by atoms with Crippen molar-refractivity contribution in [1.29, 1.82) is 0 Å². The Balaban J connectivity index is 0.000000342. The molecule has 0 spiro atoms. The number of benzene rings is 3. The second kappa shape index (κ2) is 10.1. The summed E-state index contributed by atoms with van der Waals surface area (Å²) in [4.78, 5) is 0. The van der Waals surface area contributed by atoms with E-state index in [2.05, 4.69) is 13.8 Å². The molecule has 0 saturated carbocycles. The van der Waals surface area contributed by atoms with Crippen LogP contribution >= 0.6 is 0 Å². The minimum atomic E-state index is 0.284. The molecule has 0 saturated heterocycles. The number of rotatable bonds is 4. The van der Waals surface area contributed by atoms with Gasteiger partial charge in [-0.1, -0.05) is 74.5 Å². The largest absolute Gasteiger partial charge is 0.508 e. The van der Waals surface area contributed by atoms with Crippen LogP contribution < -0.4 is 0 Å².